The minimum absolute atomic E-state index is 0.551. The largest absolute Gasteiger partial charge is 0.572 e. The SMILES string of the molecule is Cc1cc(C)[n+](OC(=O)OC(C)(C)C)c(C)c1. The van der Waals surface area contributed by atoms with Gasteiger partial charge in [0.1, 0.15) is 5.60 Å². The van der Waals surface area contributed by atoms with Crippen LogP contribution in [0.25, 0.3) is 0 Å². The fourth-order valence-electron chi connectivity index (χ4n) is 1.58. The summed E-state index contributed by atoms with van der Waals surface area (Å²) in [6.45, 7) is 11.2. The summed E-state index contributed by atoms with van der Waals surface area (Å²) in [5, 5.41) is 0. The first-order valence-corrected chi connectivity index (χ1v) is 5.60. The first kappa shape index (κ1) is 13.5. The van der Waals surface area contributed by atoms with Crippen LogP contribution in [0.5, 0.6) is 0 Å². The van der Waals surface area contributed by atoms with Crippen molar-refractivity contribution in [1.82, 2.24) is 0 Å². The highest BCUT2D eigenvalue weighted by Gasteiger charge is 2.24. The van der Waals surface area contributed by atoms with Crippen LogP contribution < -0.4 is 9.57 Å². The number of aromatic nitrogens is 1. The second-order valence-corrected chi connectivity index (χ2v) is 5.17. The van der Waals surface area contributed by atoms with Gasteiger partial charge in [0.2, 0.25) is 11.4 Å². The molecule has 4 nitrogen and oxygen atoms in total. The van der Waals surface area contributed by atoms with Crippen molar-refractivity contribution in [1.29, 1.82) is 0 Å². The Balaban J connectivity index is 2.86. The summed E-state index contributed by atoms with van der Waals surface area (Å²) in [4.78, 5) is 16.7. The molecule has 0 saturated heterocycles. The quantitative estimate of drug-likeness (QED) is 0.556. The van der Waals surface area contributed by atoms with Gasteiger partial charge in [-0.05, 0) is 33.3 Å². The first-order chi connectivity index (χ1) is 7.69. The van der Waals surface area contributed by atoms with Crippen LogP contribution in [0.2, 0.25) is 0 Å². The average Bonchev–Trinajstić information content (AvgIpc) is 2.08. The molecule has 0 unspecified atom stereocenters. The molecule has 0 fully saturated rings. The molecule has 0 saturated carbocycles. The van der Waals surface area contributed by atoms with E-state index in [1.807, 2.05) is 32.9 Å². The van der Waals surface area contributed by atoms with Crippen LogP contribution in [-0.4, -0.2) is 11.8 Å². The molecule has 1 aromatic heterocycles. The number of pyridine rings is 1. The van der Waals surface area contributed by atoms with Gasteiger partial charge in [-0.25, -0.2) is 0 Å². The lowest BCUT2D eigenvalue weighted by molar-refractivity contribution is -0.879. The zero-order chi connectivity index (χ0) is 13.2. The zero-order valence-corrected chi connectivity index (χ0v) is 11.3. The summed E-state index contributed by atoms with van der Waals surface area (Å²) in [5.74, 6) is 0. The van der Waals surface area contributed by atoms with Crippen molar-refractivity contribution < 1.29 is 19.1 Å². The van der Waals surface area contributed by atoms with E-state index in [2.05, 4.69) is 0 Å². The fraction of sp³-hybridized carbons (Fsp3) is 0.538. The number of rotatable bonds is 1. The van der Waals surface area contributed by atoms with Gasteiger partial charge in [0.25, 0.3) is 0 Å². The Hall–Kier alpha value is -1.58. The molecule has 0 atom stereocenters. The highest BCUT2D eigenvalue weighted by Crippen LogP contribution is 2.07. The van der Waals surface area contributed by atoms with E-state index in [0.29, 0.717) is 0 Å². The number of ether oxygens (including phenoxy) is 1. The third-order valence-electron chi connectivity index (χ3n) is 2.07. The average molecular weight is 238 g/mol. The van der Waals surface area contributed by atoms with Gasteiger partial charge in [0, 0.05) is 30.7 Å². The predicted octanol–water partition coefficient (Wildman–Crippen LogP) is 2.26. The molecule has 4 heteroatoms. The van der Waals surface area contributed by atoms with Crippen molar-refractivity contribution >= 4 is 6.16 Å². The summed E-state index contributed by atoms with van der Waals surface area (Å²) in [6, 6.07) is 3.88. The maximum absolute atomic E-state index is 11.6. The summed E-state index contributed by atoms with van der Waals surface area (Å²) in [5.41, 5.74) is 2.29. The van der Waals surface area contributed by atoms with E-state index in [1.54, 1.807) is 20.8 Å². The van der Waals surface area contributed by atoms with Crippen LogP contribution in [0.15, 0.2) is 12.1 Å². The summed E-state index contributed by atoms with van der Waals surface area (Å²) < 4.78 is 6.57. The Labute approximate surface area is 102 Å². The lowest BCUT2D eigenvalue weighted by atomic mass is 10.2. The van der Waals surface area contributed by atoms with Gasteiger partial charge in [-0.1, -0.05) is 0 Å². The summed E-state index contributed by atoms with van der Waals surface area (Å²) in [6.07, 6.45) is -0.697. The molecule has 0 aliphatic rings. The van der Waals surface area contributed by atoms with Crippen LogP contribution in [0.4, 0.5) is 4.79 Å². The molecule has 0 aromatic carbocycles. The van der Waals surface area contributed by atoms with Crippen LogP contribution in [0.3, 0.4) is 0 Å². The minimum Gasteiger partial charge on any atom is -0.425 e. The fourth-order valence-corrected chi connectivity index (χ4v) is 1.58. The van der Waals surface area contributed by atoms with Gasteiger partial charge < -0.3 is 4.74 Å². The lowest BCUT2D eigenvalue weighted by Crippen LogP contribution is -2.51. The number of carbonyl (C=O) groups is 1. The van der Waals surface area contributed by atoms with Crippen molar-refractivity contribution in [2.24, 2.45) is 0 Å². The molecule has 0 amide bonds. The summed E-state index contributed by atoms with van der Waals surface area (Å²) in [7, 11) is 0. The molecule has 1 aromatic rings. The molecule has 0 N–H and O–H groups in total. The van der Waals surface area contributed by atoms with Gasteiger partial charge in [-0.2, -0.15) is 4.79 Å². The van der Waals surface area contributed by atoms with Crippen molar-refractivity contribution in [2.75, 3.05) is 0 Å². The Kier molecular flexibility index (Phi) is 3.76. The number of nitrogens with zero attached hydrogens (tertiary/aromatic N) is 1. The molecule has 94 valence electrons. The third kappa shape index (κ3) is 4.06. The van der Waals surface area contributed by atoms with Crippen LogP contribution >= 0.6 is 0 Å². The van der Waals surface area contributed by atoms with Gasteiger partial charge >= 0.3 is 6.16 Å². The molecule has 0 aliphatic carbocycles. The van der Waals surface area contributed by atoms with E-state index >= 15 is 0 Å². The second-order valence-electron chi connectivity index (χ2n) is 5.17. The lowest BCUT2D eigenvalue weighted by Gasteiger charge is -2.16. The van der Waals surface area contributed by atoms with Crippen LogP contribution in [0, 0.1) is 20.8 Å². The van der Waals surface area contributed by atoms with Gasteiger partial charge in [0.15, 0.2) is 0 Å². The second kappa shape index (κ2) is 4.73. The molecular formula is C13H20NO3+. The highest BCUT2D eigenvalue weighted by atomic mass is 16.8. The van der Waals surface area contributed by atoms with E-state index < -0.39 is 11.8 Å². The molecular weight excluding hydrogens is 218 g/mol. The maximum Gasteiger partial charge on any atom is 0.572 e. The molecule has 17 heavy (non-hydrogen) atoms. The Morgan fingerprint density at radius 1 is 1.12 bits per heavy atom. The monoisotopic (exact) mass is 238 g/mol. The smallest absolute Gasteiger partial charge is 0.425 e. The number of hydrogen-bond acceptors (Lipinski definition) is 3. The summed E-state index contributed by atoms with van der Waals surface area (Å²) >= 11 is 0. The van der Waals surface area contributed by atoms with Crippen molar-refractivity contribution in [2.45, 2.75) is 47.1 Å². The van der Waals surface area contributed by atoms with Gasteiger partial charge in [-0.3, -0.25) is 0 Å². The van der Waals surface area contributed by atoms with E-state index in [-0.39, 0.29) is 0 Å². The van der Waals surface area contributed by atoms with Gasteiger partial charge in [0.05, 0.1) is 0 Å². The van der Waals surface area contributed by atoms with E-state index in [4.69, 9.17) is 9.57 Å². The normalized spacial score (nSPS) is 11.2. The molecule has 0 aliphatic heterocycles. The Bertz CT molecular complexity index is 410. The molecule has 0 spiro atoms. The highest BCUT2D eigenvalue weighted by molar-refractivity contribution is 5.59. The molecule has 0 bridgehead atoms. The van der Waals surface area contributed by atoms with Gasteiger partial charge in [-0.15, -0.1) is 4.84 Å². The number of hydrogen-bond donors (Lipinski definition) is 0. The minimum atomic E-state index is -0.697. The molecule has 1 heterocycles. The van der Waals surface area contributed by atoms with Crippen molar-refractivity contribution in [3.8, 4) is 0 Å². The standard InChI is InChI=1S/C13H20NO3/c1-9-7-10(2)14(11(3)8-9)17-12(15)16-13(4,5)6/h7-8H,1-6H3/q+1. The van der Waals surface area contributed by atoms with Crippen molar-refractivity contribution in [3.05, 3.63) is 29.1 Å². The molecule has 1 rings (SSSR count). The van der Waals surface area contributed by atoms with Crippen molar-refractivity contribution in [3.63, 3.8) is 0 Å². The predicted molar refractivity (Wildman–Crippen MR) is 63.7 cm³/mol. The van der Waals surface area contributed by atoms with E-state index in [9.17, 15) is 4.79 Å². The Morgan fingerprint density at radius 2 is 1.59 bits per heavy atom. The molecule has 0 radical (unpaired) electrons. The van der Waals surface area contributed by atoms with E-state index in [1.165, 1.54) is 4.73 Å². The van der Waals surface area contributed by atoms with Crippen LogP contribution in [-0.2, 0) is 4.74 Å². The van der Waals surface area contributed by atoms with Crippen LogP contribution in [0.1, 0.15) is 37.7 Å². The number of carbonyl (C=O) groups excluding carboxylic acids is 1. The topological polar surface area (TPSA) is 39.4 Å². The maximum atomic E-state index is 11.6. The Morgan fingerprint density at radius 3 is 2.00 bits per heavy atom. The first-order valence-electron chi connectivity index (χ1n) is 5.60. The van der Waals surface area contributed by atoms with E-state index in [0.717, 1.165) is 17.0 Å². The zero-order valence-electron chi connectivity index (χ0n) is 11.3. The third-order valence-corrected chi connectivity index (χ3v) is 2.07. The number of aryl methyl sites for hydroxylation is 3.